The highest BCUT2D eigenvalue weighted by Crippen LogP contribution is 2.26. The number of hydrogen-bond acceptors (Lipinski definition) is 8. The lowest BCUT2D eigenvalue weighted by molar-refractivity contribution is -0.385. The van der Waals surface area contributed by atoms with Crippen LogP contribution in [-0.2, 0) is 9.47 Å². The molecule has 0 saturated carbocycles. The zero-order valence-corrected chi connectivity index (χ0v) is 16.2. The molecule has 0 aromatic heterocycles. The molecule has 2 aromatic carbocycles. The van der Waals surface area contributed by atoms with Crippen molar-refractivity contribution in [2.24, 2.45) is 0 Å². The van der Waals surface area contributed by atoms with Gasteiger partial charge in [0.05, 0.1) is 45.3 Å². The minimum absolute atomic E-state index is 0.0190. The van der Waals surface area contributed by atoms with Crippen molar-refractivity contribution in [3.8, 4) is 0 Å². The third-order valence-corrected chi connectivity index (χ3v) is 3.92. The normalized spacial score (nSPS) is 10.6. The van der Waals surface area contributed by atoms with Gasteiger partial charge in [-0.05, 0) is 50.3 Å². The van der Waals surface area contributed by atoms with Gasteiger partial charge in [0.25, 0.3) is 11.4 Å². The Labute approximate surface area is 171 Å². The molecule has 0 atom stereocenters. The van der Waals surface area contributed by atoms with E-state index in [1.807, 2.05) is 0 Å². The molecule has 10 nitrogen and oxygen atoms in total. The van der Waals surface area contributed by atoms with E-state index in [1.54, 1.807) is 13.8 Å². The molecule has 10 heteroatoms. The van der Waals surface area contributed by atoms with Gasteiger partial charge in [-0.15, -0.1) is 0 Å². The first-order valence-corrected chi connectivity index (χ1v) is 8.87. The van der Waals surface area contributed by atoms with Crippen molar-refractivity contribution >= 4 is 35.5 Å². The van der Waals surface area contributed by atoms with Crippen molar-refractivity contribution < 1.29 is 28.9 Å². The Morgan fingerprint density at radius 1 is 0.800 bits per heavy atom. The first-order valence-electron chi connectivity index (χ1n) is 8.87. The Morgan fingerprint density at radius 3 is 1.47 bits per heavy atom. The highest BCUT2D eigenvalue weighted by molar-refractivity contribution is 5.92. The Bertz CT molecular complexity index is 948. The van der Waals surface area contributed by atoms with Crippen molar-refractivity contribution in [2.75, 3.05) is 13.2 Å². The molecular formula is C20H18N2O8. The second-order valence-corrected chi connectivity index (χ2v) is 5.84. The maximum absolute atomic E-state index is 11.8. The fourth-order valence-corrected chi connectivity index (χ4v) is 2.55. The summed E-state index contributed by atoms with van der Waals surface area (Å²) in [5, 5.41) is 22.8. The van der Waals surface area contributed by atoms with Gasteiger partial charge >= 0.3 is 11.9 Å². The van der Waals surface area contributed by atoms with E-state index in [2.05, 4.69) is 0 Å². The largest absolute Gasteiger partial charge is 0.462 e. The van der Waals surface area contributed by atoms with Crippen LogP contribution in [0.25, 0.3) is 12.2 Å². The third-order valence-electron chi connectivity index (χ3n) is 3.92. The van der Waals surface area contributed by atoms with Gasteiger partial charge in [0, 0.05) is 12.1 Å². The molecule has 0 bridgehead atoms. The smallest absolute Gasteiger partial charge is 0.338 e. The number of rotatable bonds is 8. The summed E-state index contributed by atoms with van der Waals surface area (Å²) in [4.78, 5) is 45.0. The number of nitro benzene ring substituents is 2. The second kappa shape index (κ2) is 9.92. The lowest BCUT2D eigenvalue weighted by Crippen LogP contribution is -2.06. The zero-order chi connectivity index (χ0) is 22.3. The van der Waals surface area contributed by atoms with Gasteiger partial charge in [0.1, 0.15) is 0 Å². The number of nitrogens with zero attached hydrogens (tertiary/aromatic N) is 2. The van der Waals surface area contributed by atoms with E-state index < -0.39 is 21.8 Å². The number of carbonyl (C=O) groups excluding carboxylic acids is 2. The quantitative estimate of drug-likeness (QED) is 0.273. The van der Waals surface area contributed by atoms with Gasteiger partial charge in [-0.3, -0.25) is 20.2 Å². The fourth-order valence-electron chi connectivity index (χ4n) is 2.55. The topological polar surface area (TPSA) is 139 Å². The molecule has 0 fully saturated rings. The van der Waals surface area contributed by atoms with Gasteiger partial charge in [-0.25, -0.2) is 9.59 Å². The molecule has 0 amide bonds. The summed E-state index contributed by atoms with van der Waals surface area (Å²) in [5.74, 6) is -1.39. The molecule has 0 aliphatic rings. The standard InChI is InChI=1S/C20H18N2O8/c1-3-29-19(23)15-9-7-13(17(11-15)21(25)26)5-6-14-8-10-16(20(24)30-4-2)12-18(14)22(27)28/h5-12H,3-4H2,1-2H3. The lowest BCUT2D eigenvalue weighted by Gasteiger charge is -2.05. The molecule has 0 aliphatic carbocycles. The maximum atomic E-state index is 11.8. The molecule has 0 aliphatic heterocycles. The van der Waals surface area contributed by atoms with Crippen LogP contribution in [0.5, 0.6) is 0 Å². The molecule has 0 N–H and O–H groups in total. The summed E-state index contributed by atoms with van der Waals surface area (Å²) in [6.07, 6.45) is 2.64. The van der Waals surface area contributed by atoms with Gasteiger partial charge in [-0.1, -0.05) is 0 Å². The fraction of sp³-hybridized carbons (Fsp3) is 0.200. The molecule has 2 rings (SSSR count). The van der Waals surface area contributed by atoms with E-state index in [1.165, 1.54) is 36.4 Å². The maximum Gasteiger partial charge on any atom is 0.338 e. The number of hydrogen-bond donors (Lipinski definition) is 0. The Hall–Kier alpha value is -4.08. The van der Waals surface area contributed by atoms with Crippen molar-refractivity contribution in [1.82, 2.24) is 0 Å². The predicted molar refractivity (Wildman–Crippen MR) is 107 cm³/mol. The summed E-state index contributed by atoms with van der Waals surface area (Å²) in [7, 11) is 0. The van der Waals surface area contributed by atoms with Crippen LogP contribution in [0.2, 0.25) is 0 Å². The number of nitro groups is 2. The minimum atomic E-state index is -0.693. The van der Waals surface area contributed by atoms with Crippen LogP contribution in [0.15, 0.2) is 36.4 Å². The first kappa shape index (κ1) is 22.2. The van der Waals surface area contributed by atoms with E-state index in [-0.39, 0.29) is 46.8 Å². The van der Waals surface area contributed by atoms with E-state index in [0.717, 1.165) is 12.1 Å². The minimum Gasteiger partial charge on any atom is -0.462 e. The number of benzene rings is 2. The van der Waals surface area contributed by atoms with Crippen molar-refractivity contribution in [3.05, 3.63) is 78.9 Å². The average Bonchev–Trinajstić information content (AvgIpc) is 2.72. The van der Waals surface area contributed by atoms with Crippen LogP contribution in [0.1, 0.15) is 45.7 Å². The van der Waals surface area contributed by atoms with E-state index in [0.29, 0.717) is 0 Å². The Balaban J connectivity index is 2.43. The molecule has 156 valence electrons. The van der Waals surface area contributed by atoms with Crippen LogP contribution in [0, 0.1) is 20.2 Å². The monoisotopic (exact) mass is 414 g/mol. The van der Waals surface area contributed by atoms with Crippen LogP contribution in [0.3, 0.4) is 0 Å². The van der Waals surface area contributed by atoms with Gasteiger partial charge in [0.15, 0.2) is 0 Å². The number of carbonyl (C=O) groups is 2. The van der Waals surface area contributed by atoms with Gasteiger partial charge in [-0.2, -0.15) is 0 Å². The lowest BCUT2D eigenvalue weighted by atomic mass is 10.0. The first-order chi connectivity index (χ1) is 14.3. The van der Waals surface area contributed by atoms with Crippen LogP contribution >= 0.6 is 0 Å². The van der Waals surface area contributed by atoms with Crippen LogP contribution in [0.4, 0.5) is 11.4 Å². The van der Waals surface area contributed by atoms with Crippen molar-refractivity contribution in [1.29, 1.82) is 0 Å². The second-order valence-electron chi connectivity index (χ2n) is 5.84. The Kier molecular flexibility index (Phi) is 7.34. The predicted octanol–water partition coefficient (Wildman–Crippen LogP) is 4.03. The summed E-state index contributed by atoms with van der Waals surface area (Å²) in [5.41, 5.74) is -0.408. The summed E-state index contributed by atoms with van der Waals surface area (Å²) in [6, 6.07) is 7.58. The summed E-state index contributed by atoms with van der Waals surface area (Å²) >= 11 is 0. The van der Waals surface area contributed by atoms with E-state index in [4.69, 9.17) is 9.47 Å². The molecule has 0 heterocycles. The highest BCUT2D eigenvalue weighted by Gasteiger charge is 2.19. The highest BCUT2D eigenvalue weighted by atomic mass is 16.6. The van der Waals surface area contributed by atoms with Crippen LogP contribution < -0.4 is 0 Å². The molecule has 0 radical (unpaired) electrons. The van der Waals surface area contributed by atoms with Crippen molar-refractivity contribution in [3.63, 3.8) is 0 Å². The average molecular weight is 414 g/mol. The molecule has 0 spiro atoms. The van der Waals surface area contributed by atoms with Crippen LogP contribution in [-0.4, -0.2) is 35.0 Å². The Morgan fingerprint density at radius 2 is 1.17 bits per heavy atom. The number of ether oxygens (including phenoxy) is 2. The number of esters is 2. The SMILES string of the molecule is CCOC(=O)c1ccc(C=Cc2ccc(C(=O)OCC)cc2[N+](=O)[O-])c([N+](=O)[O-])c1. The van der Waals surface area contributed by atoms with Gasteiger partial charge < -0.3 is 9.47 Å². The third kappa shape index (κ3) is 5.25. The summed E-state index contributed by atoms with van der Waals surface area (Å²) < 4.78 is 9.66. The summed E-state index contributed by atoms with van der Waals surface area (Å²) in [6.45, 7) is 3.48. The molecule has 0 unspecified atom stereocenters. The molecule has 0 saturated heterocycles. The van der Waals surface area contributed by atoms with Crippen molar-refractivity contribution in [2.45, 2.75) is 13.8 Å². The molecular weight excluding hydrogens is 396 g/mol. The van der Waals surface area contributed by atoms with Gasteiger partial charge in [0.2, 0.25) is 0 Å². The van der Waals surface area contributed by atoms with E-state index in [9.17, 15) is 29.8 Å². The molecule has 2 aromatic rings. The van der Waals surface area contributed by atoms with E-state index >= 15 is 0 Å². The molecule has 30 heavy (non-hydrogen) atoms. The zero-order valence-electron chi connectivity index (χ0n) is 16.2.